The summed E-state index contributed by atoms with van der Waals surface area (Å²) in [4.78, 5) is 11.9. The van der Waals surface area contributed by atoms with Crippen molar-refractivity contribution in [1.29, 1.82) is 0 Å². The molecule has 0 aliphatic carbocycles. The van der Waals surface area contributed by atoms with Crippen molar-refractivity contribution in [2.75, 3.05) is 11.9 Å². The minimum absolute atomic E-state index is 0.000459. The maximum Gasteiger partial charge on any atom is 0.319 e. The number of carbonyl (C=O) groups is 1. The predicted octanol–water partition coefficient (Wildman–Crippen LogP) is 2.90. The standard InChI is InChI=1S/C15H23FN2O3/c1-4-12(7-8-19)17-15(20)18-13-9-11(16)5-6-14(13)21-10(2)3/h5-6,9-10,12,19H,4,7-8H2,1-3H3,(H2,17,18,20). The van der Waals surface area contributed by atoms with Crippen molar-refractivity contribution in [3.05, 3.63) is 24.0 Å². The van der Waals surface area contributed by atoms with E-state index < -0.39 is 11.8 Å². The molecule has 3 N–H and O–H groups in total. The van der Waals surface area contributed by atoms with E-state index in [9.17, 15) is 9.18 Å². The van der Waals surface area contributed by atoms with Crippen molar-refractivity contribution in [3.63, 3.8) is 0 Å². The van der Waals surface area contributed by atoms with Crippen LogP contribution in [0.15, 0.2) is 18.2 Å². The SMILES string of the molecule is CCC(CCO)NC(=O)Nc1cc(F)ccc1OC(C)C. The fraction of sp³-hybridized carbons (Fsp3) is 0.533. The van der Waals surface area contributed by atoms with Gasteiger partial charge in [0.25, 0.3) is 0 Å². The van der Waals surface area contributed by atoms with Crippen molar-refractivity contribution in [3.8, 4) is 5.75 Å². The van der Waals surface area contributed by atoms with Crippen LogP contribution < -0.4 is 15.4 Å². The number of halogens is 1. The summed E-state index contributed by atoms with van der Waals surface area (Å²) in [5.74, 6) is -0.0411. The highest BCUT2D eigenvalue weighted by Crippen LogP contribution is 2.26. The summed E-state index contributed by atoms with van der Waals surface area (Å²) in [7, 11) is 0. The van der Waals surface area contributed by atoms with Crippen LogP contribution in [-0.2, 0) is 0 Å². The molecule has 1 unspecified atom stereocenters. The Balaban J connectivity index is 2.76. The lowest BCUT2D eigenvalue weighted by atomic mass is 10.1. The van der Waals surface area contributed by atoms with Gasteiger partial charge in [-0.1, -0.05) is 6.92 Å². The van der Waals surface area contributed by atoms with Crippen LogP contribution in [0.4, 0.5) is 14.9 Å². The number of aliphatic hydroxyl groups is 1. The highest BCUT2D eigenvalue weighted by molar-refractivity contribution is 5.91. The van der Waals surface area contributed by atoms with Crippen molar-refractivity contribution < 1.29 is 19.0 Å². The molecule has 0 fully saturated rings. The number of amides is 2. The van der Waals surface area contributed by atoms with Crippen molar-refractivity contribution >= 4 is 11.7 Å². The second kappa shape index (κ2) is 8.46. The number of carbonyl (C=O) groups excluding carboxylic acids is 1. The summed E-state index contributed by atoms with van der Waals surface area (Å²) in [6.45, 7) is 5.61. The van der Waals surface area contributed by atoms with Gasteiger partial charge in [-0.05, 0) is 38.8 Å². The third kappa shape index (κ3) is 5.99. The van der Waals surface area contributed by atoms with E-state index in [2.05, 4.69) is 10.6 Å². The number of ether oxygens (including phenoxy) is 1. The second-order valence-corrected chi connectivity index (χ2v) is 5.02. The molecule has 0 spiro atoms. The van der Waals surface area contributed by atoms with Crippen molar-refractivity contribution in [2.45, 2.75) is 45.8 Å². The van der Waals surface area contributed by atoms with Gasteiger partial charge in [-0.2, -0.15) is 0 Å². The summed E-state index contributed by atoms with van der Waals surface area (Å²) in [5.41, 5.74) is 0.278. The summed E-state index contributed by atoms with van der Waals surface area (Å²) < 4.78 is 18.9. The molecule has 0 saturated carbocycles. The van der Waals surface area contributed by atoms with Crippen LogP contribution in [0.3, 0.4) is 0 Å². The third-order valence-electron chi connectivity index (χ3n) is 2.86. The summed E-state index contributed by atoms with van der Waals surface area (Å²) in [5, 5.41) is 14.2. The number of aliphatic hydroxyl groups excluding tert-OH is 1. The molecule has 0 radical (unpaired) electrons. The van der Waals surface area contributed by atoms with Gasteiger partial charge in [-0.15, -0.1) is 0 Å². The first-order valence-corrected chi connectivity index (χ1v) is 7.10. The molecule has 0 saturated heterocycles. The van der Waals surface area contributed by atoms with E-state index in [1.54, 1.807) is 0 Å². The van der Waals surface area contributed by atoms with E-state index >= 15 is 0 Å². The summed E-state index contributed by atoms with van der Waals surface area (Å²) >= 11 is 0. The molecule has 118 valence electrons. The van der Waals surface area contributed by atoms with Gasteiger partial charge in [0.15, 0.2) is 0 Å². The average molecular weight is 298 g/mol. The van der Waals surface area contributed by atoms with Gasteiger partial charge < -0.3 is 20.5 Å². The number of hydrogen-bond donors (Lipinski definition) is 3. The zero-order valence-corrected chi connectivity index (χ0v) is 12.6. The van der Waals surface area contributed by atoms with E-state index in [0.717, 1.165) is 0 Å². The molecule has 0 aromatic heterocycles. The molecule has 1 rings (SSSR count). The Labute approximate surface area is 124 Å². The lowest BCUT2D eigenvalue weighted by Crippen LogP contribution is -2.38. The molecule has 2 amide bonds. The van der Waals surface area contributed by atoms with E-state index in [1.807, 2.05) is 20.8 Å². The van der Waals surface area contributed by atoms with Gasteiger partial charge in [0.1, 0.15) is 11.6 Å². The lowest BCUT2D eigenvalue weighted by molar-refractivity contribution is 0.235. The molecule has 0 aliphatic rings. The van der Waals surface area contributed by atoms with Gasteiger partial charge in [0.2, 0.25) is 0 Å². The summed E-state index contributed by atoms with van der Waals surface area (Å²) in [6.07, 6.45) is 1.09. The molecule has 6 heteroatoms. The van der Waals surface area contributed by atoms with Crippen LogP contribution in [0.5, 0.6) is 5.75 Å². The minimum atomic E-state index is -0.455. The average Bonchev–Trinajstić information content (AvgIpc) is 2.41. The zero-order chi connectivity index (χ0) is 15.8. The second-order valence-electron chi connectivity index (χ2n) is 5.02. The largest absolute Gasteiger partial charge is 0.489 e. The Morgan fingerprint density at radius 3 is 2.71 bits per heavy atom. The number of hydrogen-bond acceptors (Lipinski definition) is 3. The first-order chi connectivity index (χ1) is 9.96. The maximum atomic E-state index is 13.3. The first kappa shape index (κ1) is 17.2. The minimum Gasteiger partial charge on any atom is -0.489 e. The fourth-order valence-corrected chi connectivity index (χ4v) is 1.83. The van der Waals surface area contributed by atoms with Gasteiger partial charge >= 0.3 is 6.03 Å². The Kier molecular flexibility index (Phi) is 6.94. The van der Waals surface area contributed by atoms with Crippen LogP contribution in [0, 0.1) is 5.82 Å². The van der Waals surface area contributed by atoms with Crippen LogP contribution in [-0.4, -0.2) is 29.9 Å². The van der Waals surface area contributed by atoms with E-state index in [4.69, 9.17) is 9.84 Å². The smallest absolute Gasteiger partial charge is 0.319 e. The van der Waals surface area contributed by atoms with Crippen LogP contribution in [0.2, 0.25) is 0 Å². The highest BCUT2D eigenvalue weighted by Gasteiger charge is 2.13. The first-order valence-electron chi connectivity index (χ1n) is 7.10. The molecule has 21 heavy (non-hydrogen) atoms. The number of anilines is 1. The van der Waals surface area contributed by atoms with Gasteiger partial charge in [0, 0.05) is 18.7 Å². The predicted molar refractivity (Wildman–Crippen MR) is 80.1 cm³/mol. The van der Waals surface area contributed by atoms with Crippen molar-refractivity contribution in [2.24, 2.45) is 0 Å². The number of nitrogens with one attached hydrogen (secondary N) is 2. The van der Waals surface area contributed by atoms with E-state index in [-0.39, 0.29) is 24.4 Å². The normalized spacial score (nSPS) is 12.1. The number of urea groups is 1. The van der Waals surface area contributed by atoms with Gasteiger partial charge in [0.05, 0.1) is 11.8 Å². The van der Waals surface area contributed by atoms with Crippen molar-refractivity contribution in [1.82, 2.24) is 5.32 Å². The number of rotatable bonds is 7. The quantitative estimate of drug-likeness (QED) is 0.725. The molecule has 1 atom stereocenters. The Hall–Kier alpha value is -1.82. The molecule has 1 aromatic rings. The Morgan fingerprint density at radius 1 is 1.43 bits per heavy atom. The molecule has 0 heterocycles. The molecule has 0 aliphatic heterocycles. The van der Waals surface area contributed by atoms with E-state index in [1.165, 1.54) is 18.2 Å². The molecular weight excluding hydrogens is 275 g/mol. The Bertz CT molecular complexity index is 466. The summed E-state index contributed by atoms with van der Waals surface area (Å²) in [6, 6.07) is 3.40. The van der Waals surface area contributed by atoms with Crippen LogP contribution in [0.25, 0.3) is 0 Å². The van der Waals surface area contributed by atoms with Crippen LogP contribution in [0.1, 0.15) is 33.6 Å². The fourth-order valence-electron chi connectivity index (χ4n) is 1.83. The molecule has 0 bridgehead atoms. The van der Waals surface area contributed by atoms with Gasteiger partial charge in [-0.25, -0.2) is 9.18 Å². The lowest BCUT2D eigenvalue weighted by Gasteiger charge is -2.18. The van der Waals surface area contributed by atoms with Crippen LogP contribution >= 0.6 is 0 Å². The topological polar surface area (TPSA) is 70.6 Å². The Morgan fingerprint density at radius 2 is 2.14 bits per heavy atom. The monoisotopic (exact) mass is 298 g/mol. The highest BCUT2D eigenvalue weighted by atomic mass is 19.1. The third-order valence-corrected chi connectivity index (χ3v) is 2.86. The van der Waals surface area contributed by atoms with Gasteiger partial charge in [-0.3, -0.25) is 0 Å². The van der Waals surface area contributed by atoms with E-state index in [0.29, 0.717) is 18.6 Å². The zero-order valence-electron chi connectivity index (χ0n) is 12.6. The molecular formula is C15H23FN2O3. The molecule has 5 nitrogen and oxygen atoms in total. The number of benzene rings is 1. The molecule has 1 aromatic carbocycles. The maximum absolute atomic E-state index is 13.3.